The van der Waals surface area contributed by atoms with Crippen LogP contribution < -0.4 is 4.74 Å². The van der Waals surface area contributed by atoms with E-state index in [1.54, 1.807) is 19.1 Å². The van der Waals surface area contributed by atoms with Gasteiger partial charge in [-0.15, -0.1) is 0 Å². The molecule has 0 bridgehead atoms. The quantitative estimate of drug-likeness (QED) is 0.884. The van der Waals surface area contributed by atoms with Gasteiger partial charge in [0.15, 0.2) is 11.6 Å². The fraction of sp³-hybridized carbons (Fsp3) is 0.167. The van der Waals surface area contributed by atoms with Crippen molar-refractivity contribution in [2.45, 2.75) is 13.5 Å². The van der Waals surface area contributed by atoms with Crippen molar-refractivity contribution in [2.75, 3.05) is 0 Å². The second kappa shape index (κ2) is 4.88. The van der Waals surface area contributed by atoms with E-state index in [0.717, 1.165) is 0 Å². The van der Waals surface area contributed by atoms with Crippen LogP contribution in [0.1, 0.15) is 11.3 Å². The van der Waals surface area contributed by atoms with Gasteiger partial charge in [-0.25, -0.2) is 9.37 Å². The molecular weight excluding hydrogens is 223 g/mol. The maximum Gasteiger partial charge on any atom is 0.237 e. The van der Waals surface area contributed by atoms with Crippen LogP contribution in [0, 0.1) is 12.7 Å². The third-order valence-electron chi connectivity index (χ3n) is 2.21. The van der Waals surface area contributed by atoms with Crippen LogP contribution in [-0.2, 0) is 6.61 Å². The summed E-state index contributed by atoms with van der Waals surface area (Å²) in [6.45, 7) is 1.47. The molecule has 0 spiro atoms. The molecule has 0 fully saturated rings. The van der Waals surface area contributed by atoms with Crippen LogP contribution in [0.2, 0.25) is 0 Å². The van der Waals surface area contributed by atoms with Gasteiger partial charge in [0.1, 0.15) is 0 Å². The second-order valence-electron chi connectivity index (χ2n) is 3.49. The van der Waals surface area contributed by atoms with Gasteiger partial charge in [0.2, 0.25) is 5.88 Å². The summed E-state index contributed by atoms with van der Waals surface area (Å²) in [5.74, 6) is -0.122. The first-order valence-corrected chi connectivity index (χ1v) is 5.05. The van der Waals surface area contributed by atoms with Crippen LogP contribution in [0.3, 0.4) is 0 Å². The van der Waals surface area contributed by atoms with Gasteiger partial charge in [0.05, 0.1) is 24.7 Å². The third-order valence-corrected chi connectivity index (χ3v) is 2.21. The lowest BCUT2D eigenvalue weighted by Gasteiger charge is -2.06. The molecule has 17 heavy (non-hydrogen) atoms. The molecule has 0 aliphatic rings. The highest BCUT2D eigenvalue weighted by Gasteiger charge is 2.07. The molecule has 5 heteroatoms. The molecule has 0 aliphatic heterocycles. The molecule has 88 valence electrons. The lowest BCUT2D eigenvalue weighted by Crippen LogP contribution is -1.95. The fourth-order valence-corrected chi connectivity index (χ4v) is 1.29. The Hall–Kier alpha value is -2.01. The number of hydrogen-bond acceptors (Lipinski definition) is 4. The van der Waals surface area contributed by atoms with E-state index in [-0.39, 0.29) is 18.2 Å². The fourth-order valence-electron chi connectivity index (χ4n) is 1.29. The van der Waals surface area contributed by atoms with E-state index in [1.807, 2.05) is 0 Å². The van der Waals surface area contributed by atoms with E-state index < -0.39 is 5.82 Å². The number of hydrogen-bond donors (Lipinski definition) is 1. The minimum atomic E-state index is -0.416. The Morgan fingerprint density at radius 3 is 2.76 bits per heavy atom. The Balaban J connectivity index is 2.22. The van der Waals surface area contributed by atoms with E-state index in [0.29, 0.717) is 11.3 Å². The molecule has 2 aromatic rings. The van der Waals surface area contributed by atoms with Gasteiger partial charge in [-0.05, 0) is 18.6 Å². The van der Waals surface area contributed by atoms with Gasteiger partial charge in [-0.2, -0.15) is 0 Å². The van der Waals surface area contributed by atoms with E-state index in [1.165, 1.54) is 18.5 Å². The van der Waals surface area contributed by atoms with Gasteiger partial charge >= 0.3 is 0 Å². The van der Waals surface area contributed by atoms with E-state index >= 15 is 0 Å². The molecular formula is C12H11FN2O2. The molecule has 1 N–H and O–H groups in total. The summed E-state index contributed by atoms with van der Waals surface area (Å²) in [4.78, 5) is 7.79. The predicted octanol–water partition coefficient (Wildman–Crippen LogP) is 2.21. The summed E-state index contributed by atoms with van der Waals surface area (Å²) in [7, 11) is 0. The van der Waals surface area contributed by atoms with Crippen LogP contribution in [-0.4, -0.2) is 15.1 Å². The van der Waals surface area contributed by atoms with Crippen LogP contribution in [0.4, 0.5) is 4.39 Å². The van der Waals surface area contributed by atoms with Gasteiger partial charge in [-0.3, -0.25) is 4.98 Å². The standard InChI is InChI=1S/C12H11FN2O2/c1-8-3-2-4-10(12(8)13)17-11-6-14-9(7-16)5-15-11/h2-6,16H,7H2,1H3. The molecule has 4 nitrogen and oxygen atoms in total. The number of aryl methyl sites for hydroxylation is 1. The average Bonchev–Trinajstić information content (AvgIpc) is 2.36. The lowest BCUT2D eigenvalue weighted by atomic mass is 10.2. The highest BCUT2D eigenvalue weighted by molar-refractivity contribution is 5.32. The molecule has 0 atom stereocenters. The summed E-state index contributed by atoms with van der Waals surface area (Å²) in [6.07, 6.45) is 2.72. The molecule has 0 saturated carbocycles. The van der Waals surface area contributed by atoms with Crippen molar-refractivity contribution in [1.82, 2.24) is 9.97 Å². The van der Waals surface area contributed by atoms with Crippen molar-refractivity contribution in [3.63, 3.8) is 0 Å². The number of benzene rings is 1. The molecule has 1 aromatic heterocycles. The largest absolute Gasteiger partial charge is 0.434 e. The Morgan fingerprint density at radius 2 is 2.12 bits per heavy atom. The van der Waals surface area contributed by atoms with Gasteiger partial charge in [0, 0.05) is 0 Å². The normalized spacial score (nSPS) is 10.3. The highest BCUT2D eigenvalue weighted by atomic mass is 19.1. The Morgan fingerprint density at radius 1 is 1.29 bits per heavy atom. The third kappa shape index (κ3) is 2.57. The zero-order valence-electron chi connectivity index (χ0n) is 9.22. The zero-order chi connectivity index (χ0) is 12.3. The van der Waals surface area contributed by atoms with Crippen molar-refractivity contribution < 1.29 is 14.2 Å². The smallest absolute Gasteiger partial charge is 0.237 e. The topological polar surface area (TPSA) is 55.2 Å². The molecule has 0 unspecified atom stereocenters. The highest BCUT2D eigenvalue weighted by Crippen LogP contribution is 2.24. The minimum absolute atomic E-state index is 0.107. The van der Waals surface area contributed by atoms with Crippen molar-refractivity contribution in [3.05, 3.63) is 47.7 Å². The van der Waals surface area contributed by atoms with Crippen LogP contribution in [0.15, 0.2) is 30.6 Å². The first-order valence-electron chi connectivity index (χ1n) is 5.05. The van der Waals surface area contributed by atoms with Crippen molar-refractivity contribution >= 4 is 0 Å². The summed E-state index contributed by atoms with van der Waals surface area (Å²) >= 11 is 0. The van der Waals surface area contributed by atoms with E-state index in [4.69, 9.17) is 9.84 Å². The van der Waals surface area contributed by atoms with Crippen molar-refractivity contribution in [1.29, 1.82) is 0 Å². The summed E-state index contributed by atoms with van der Waals surface area (Å²) in [6, 6.07) is 4.87. The van der Waals surface area contributed by atoms with E-state index in [2.05, 4.69) is 9.97 Å². The van der Waals surface area contributed by atoms with Crippen molar-refractivity contribution in [2.24, 2.45) is 0 Å². The first-order chi connectivity index (χ1) is 8.20. The second-order valence-corrected chi connectivity index (χ2v) is 3.49. The van der Waals surface area contributed by atoms with Gasteiger partial charge in [-0.1, -0.05) is 12.1 Å². The molecule has 1 aromatic carbocycles. The molecule has 2 rings (SSSR count). The Bertz CT molecular complexity index is 514. The van der Waals surface area contributed by atoms with Gasteiger partial charge < -0.3 is 9.84 Å². The number of aliphatic hydroxyl groups excluding tert-OH is 1. The number of rotatable bonds is 3. The van der Waals surface area contributed by atoms with Gasteiger partial charge in [0.25, 0.3) is 0 Å². The number of aromatic nitrogens is 2. The Labute approximate surface area is 97.7 Å². The summed E-state index contributed by atoms with van der Waals surface area (Å²) in [5, 5.41) is 8.80. The van der Waals surface area contributed by atoms with E-state index in [9.17, 15) is 4.39 Å². The maximum absolute atomic E-state index is 13.6. The van der Waals surface area contributed by atoms with Crippen molar-refractivity contribution in [3.8, 4) is 11.6 Å². The number of aliphatic hydroxyl groups is 1. The number of halogens is 1. The average molecular weight is 234 g/mol. The molecule has 0 saturated heterocycles. The lowest BCUT2D eigenvalue weighted by molar-refractivity contribution is 0.275. The molecule has 1 heterocycles. The zero-order valence-corrected chi connectivity index (χ0v) is 9.22. The monoisotopic (exact) mass is 234 g/mol. The number of ether oxygens (including phenoxy) is 1. The SMILES string of the molecule is Cc1cccc(Oc2cnc(CO)cn2)c1F. The molecule has 0 radical (unpaired) electrons. The maximum atomic E-state index is 13.6. The minimum Gasteiger partial charge on any atom is -0.434 e. The molecule has 0 aliphatic carbocycles. The molecule has 0 amide bonds. The van der Waals surface area contributed by atoms with Crippen LogP contribution in [0.5, 0.6) is 11.6 Å². The summed E-state index contributed by atoms with van der Waals surface area (Å²) in [5.41, 5.74) is 0.935. The predicted molar refractivity (Wildman–Crippen MR) is 59.2 cm³/mol. The number of nitrogens with zero attached hydrogens (tertiary/aromatic N) is 2. The first kappa shape index (κ1) is 11.5. The Kier molecular flexibility index (Phi) is 3.30. The van der Waals surface area contributed by atoms with Crippen LogP contribution in [0.25, 0.3) is 0 Å². The summed E-state index contributed by atoms with van der Waals surface area (Å²) < 4.78 is 18.9. The van der Waals surface area contributed by atoms with Crippen LogP contribution >= 0.6 is 0 Å².